The van der Waals surface area contributed by atoms with E-state index in [1.54, 1.807) is 11.9 Å². The molecule has 1 aliphatic heterocycles. The maximum Gasteiger partial charge on any atom is 0.263 e. The molecule has 1 saturated heterocycles. The molecule has 2 rings (SSSR count). The highest BCUT2D eigenvalue weighted by atomic mass is 19.1. The summed E-state index contributed by atoms with van der Waals surface area (Å²) in [6.07, 6.45) is -0.696. The summed E-state index contributed by atoms with van der Waals surface area (Å²) in [4.78, 5) is 19.2. The van der Waals surface area contributed by atoms with Crippen molar-refractivity contribution in [1.29, 1.82) is 0 Å². The average Bonchev–Trinajstić information content (AvgIpc) is 2.75. The van der Waals surface area contributed by atoms with Gasteiger partial charge in [0.15, 0.2) is 0 Å². The summed E-state index contributed by atoms with van der Waals surface area (Å²) in [6.45, 7) is 0.677. The lowest BCUT2D eigenvalue weighted by Gasteiger charge is -2.26. The number of likely N-dealkylation sites (tertiary alicyclic amines) is 1. The van der Waals surface area contributed by atoms with Crippen LogP contribution in [0, 0.1) is 0 Å². The lowest BCUT2D eigenvalue weighted by Crippen LogP contribution is -2.43. The normalized spacial score (nSPS) is 23.5. The zero-order valence-electron chi connectivity index (χ0n) is 11.3. The third-order valence-corrected chi connectivity index (χ3v) is 3.42. The molecule has 1 heterocycles. The minimum atomic E-state index is -0.936. The van der Waals surface area contributed by atoms with Crippen LogP contribution in [0.2, 0.25) is 0 Å². The van der Waals surface area contributed by atoms with E-state index in [-0.39, 0.29) is 12.3 Å². The first-order valence-electron chi connectivity index (χ1n) is 6.35. The quantitative estimate of drug-likeness (QED) is 0.776. The molecule has 19 heavy (non-hydrogen) atoms. The summed E-state index contributed by atoms with van der Waals surface area (Å²) in [6, 6.07) is 9.16. The SMILES string of the molecule is CON(Cc1ccccc1)C(=O)[C@@H]1C[C@H](F)CN1C. The highest BCUT2D eigenvalue weighted by Crippen LogP contribution is 2.21. The molecule has 1 aromatic carbocycles. The van der Waals surface area contributed by atoms with E-state index >= 15 is 0 Å². The molecule has 5 heteroatoms. The molecule has 0 aromatic heterocycles. The zero-order chi connectivity index (χ0) is 13.8. The second kappa shape index (κ2) is 6.12. The Balaban J connectivity index is 2.03. The van der Waals surface area contributed by atoms with E-state index in [1.807, 2.05) is 30.3 Å². The third-order valence-electron chi connectivity index (χ3n) is 3.42. The molecule has 0 radical (unpaired) electrons. The van der Waals surface area contributed by atoms with Crippen molar-refractivity contribution in [2.75, 3.05) is 20.7 Å². The topological polar surface area (TPSA) is 32.8 Å². The number of nitrogens with zero attached hydrogens (tertiary/aromatic N) is 2. The lowest BCUT2D eigenvalue weighted by molar-refractivity contribution is -0.183. The van der Waals surface area contributed by atoms with E-state index in [0.717, 1.165) is 5.56 Å². The van der Waals surface area contributed by atoms with Crippen molar-refractivity contribution in [1.82, 2.24) is 9.96 Å². The molecule has 1 amide bonds. The number of alkyl halides is 1. The fraction of sp³-hybridized carbons (Fsp3) is 0.500. The van der Waals surface area contributed by atoms with Gasteiger partial charge in [0.05, 0.1) is 19.7 Å². The van der Waals surface area contributed by atoms with Gasteiger partial charge in [-0.15, -0.1) is 0 Å². The Hall–Kier alpha value is -1.46. The highest BCUT2D eigenvalue weighted by molar-refractivity contribution is 5.81. The van der Waals surface area contributed by atoms with Crippen molar-refractivity contribution in [2.45, 2.75) is 25.2 Å². The zero-order valence-corrected chi connectivity index (χ0v) is 11.3. The van der Waals surface area contributed by atoms with Gasteiger partial charge in [-0.05, 0) is 12.6 Å². The number of hydroxylamine groups is 2. The predicted molar refractivity (Wildman–Crippen MR) is 69.9 cm³/mol. The summed E-state index contributed by atoms with van der Waals surface area (Å²) in [7, 11) is 3.22. The standard InChI is InChI=1S/C14H19FN2O2/c1-16-10-12(15)8-13(16)14(18)17(19-2)9-11-6-4-3-5-7-11/h3-7,12-13H,8-10H2,1-2H3/t12-,13-/m0/s1. The van der Waals surface area contributed by atoms with Crippen molar-refractivity contribution in [3.8, 4) is 0 Å². The molecule has 0 unspecified atom stereocenters. The molecule has 0 saturated carbocycles. The van der Waals surface area contributed by atoms with E-state index < -0.39 is 12.2 Å². The Morgan fingerprint density at radius 3 is 2.68 bits per heavy atom. The number of halogens is 1. The van der Waals surface area contributed by atoms with Gasteiger partial charge in [-0.2, -0.15) is 0 Å². The van der Waals surface area contributed by atoms with Gasteiger partial charge >= 0.3 is 0 Å². The van der Waals surface area contributed by atoms with Crippen LogP contribution in [0.5, 0.6) is 0 Å². The molecule has 4 nitrogen and oxygen atoms in total. The Kier molecular flexibility index (Phi) is 4.50. The summed E-state index contributed by atoms with van der Waals surface area (Å²) in [5.74, 6) is -0.186. The molecule has 1 aromatic rings. The van der Waals surface area contributed by atoms with Crippen LogP contribution in [0.4, 0.5) is 4.39 Å². The number of amides is 1. The predicted octanol–water partition coefficient (Wildman–Crippen LogP) is 1.62. The fourth-order valence-corrected chi connectivity index (χ4v) is 2.37. The number of carbonyl (C=O) groups excluding carboxylic acids is 1. The van der Waals surface area contributed by atoms with Crippen LogP contribution in [0.1, 0.15) is 12.0 Å². The van der Waals surface area contributed by atoms with Crippen molar-refractivity contribution >= 4 is 5.91 Å². The van der Waals surface area contributed by atoms with Crippen LogP contribution in [-0.4, -0.2) is 48.8 Å². The Labute approximate surface area is 112 Å². The van der Waals surface area contributed by atoms with Crippen LogP contribution in [0.25, 0.3) is 0 Å². The third kappa shape index (κ3) is 3.30. The second-order valence-electron chi connectivity index (χ2n) is 4.83. The first kappa shape index (κ1) is 14.0. The van der Waals surface area contributed by atoms with E-state index in [4.69, 9.17) is 4.84 Å². The van der Waals surface area contributed by atoms with Crippen LogP contribution < -0.4 is 0 Å². The summed E-state index contributed by atoms with van der Waals surface area (Å²) in [5, 5.41) is 1.30. The van der Waals surface area contributed by atoms with E-state index in [1.165, 1.54) is 12.2 Å². The molecular weight excluding hydrogens is 247 g/mol. The average molecular weight is 266 g/mol. The van der Waals surface area contributed by atoms with Gasteiger partial charge in [-0.25, -0.2) is 9.45 Å². The number of likely N-dealkylation sites (N-methyl/N-ethyl adjacent to an activating group) is 1. The second-order valence-corrected chi connectivity index (χ2v) is 4.83. The van der Waals surface area contributed by atoms with Crippen molar-refractivity contribution in [3.05, 3.63) is 35.9 Å². The van der Waals surface area contributed by atoms with Gasteiger partial charge in [-0.3, -0.25) is 14.5 Å². The smallest absolute Gasteiger partial charge is 0.263 e. The van der Waals surface area contributed by atoms with Gasteiger partial charge in [0.1, 0.15) is 6.17 Å². The highest BCUT2D eigenvalue weighted by Gasteiger charge is 2.37. The molecular formula is C14H19FN2O2. The van der Waals surface area contributed by atoms with Crippen molar-refractivity contribution in [3.63, 3.8) is 0 Å². The van der Waals surface area contributed by atoms with Gasteiger partial charge in [0.25, 0.3) is 5.91 Å². The van der Waals surface area contributed by atoms with Crippen LogP contribution in [0.3, 0.4) is 0 Å². The van der Waals surface area contributed by atoms with Crippen LogP contribution >= 0.6 is 0 Å². The maximum absolute atomic E-state index is 13.3. The minimum absolute atomic E-state index is 0.186. The van der Waals surface area contributed by atoms with Gasteiger partial charge in [-0.1, -0.05) is 30.3 Å². The molecule has 0 bridgehead atoms. The number of hydrogen-bond acceptors (Lipinski definition) is 3. The summed E-state index contributed by atoms with van der Waals surface area (Å²) in [5.41, 5.74) is 0.982. The molecule has 1 aliphatic rings. The van der Waals surface area contributed by atoms with Crippen LogP contribution in [0.15, 0.2) is 30.3 Å². The van der Waals surface area contributed by atoms with Crippen molar-refractivity contribution < 1.29 is 14.0 Å². The van der Waals surface area contributed by atoms with Gasteiger partial charge in [0, 0.05) is 13.0 Å². The molecule has 1 fully saturated rings. The Morgan fingerprint density at radius 1 is 1.47 bits per heavy atom. The molecule has 0 N–H and O–H groups in total. The fourth-order valence-electron chi connectivity index (χ4n) is 2.37. The van der Waals surface area contributed by atoms with Gasteiger partial charge in [0.2, 0.25) is 0 Å². The van der Waals surface area contributed by atoms with E-state index in [2.05, 4.69) is 0 Å². The monoisotopic (exact) mass is 266 g/mol. The van der Waals surface area contributed by atoms with Gasteiger partial charge < -0.3 is 0 Å². The molecule has 104 valence electrons. The van der Waals surface area contributed by atoms with Crippen molar-refractivity contribution in [2.24, 2.45) is 0 Å². The number of rotatable bonds is 4. The first-order valence-corrected chi connectivity index (χ1v) is 6.35. The Morgan fingerprint density at radius 2 is 2.16 bits per heavy atom. The van der Waals surface area contributed by atoms with E-state index in [9.17, 15) is 9.18 Å². The number of benzene rings is 1. The summed E-state index contributed by atoms with van der Waals surface area (Å²) < 4.78 is 13.3. The maximum atomic E-state index is 13.3. The first-order chi connectivity index (χ1) is 9.11. The molecule has 2 atom stereocenters. The minimum Gasteiger partial charge on any atom is -0.292 e. The molecule has 0 aliphatic carbocycles. The Bertz CT molecular complexity index is 427. The largest absolute Gasteiger partial charge is 0.292 e. The molecule has 0 spiro atoms. The van der Waals surface area contributed by atoms with E-state index in [0.29, 0.717) is 13.1 Å². The lowest BCUT2D eigenvalue weighted by atomic mass is 10.1. The summed E-state index contributed by atoms with van der Waals surface area (Å²) >= 11 is 0. The number of hydrogen-bond donors (Lipinski definition) is 0. The number of carbonyl (C=O) groups is 1. The van der Waals surface area contributed by atoms with Crippen LogP contribution in [-0.2, 0) is 16.2 Å².